The Balaban J connectivity index is 1.86. The van der Waals surface area contributed by atoms with Crippen LogP contribution in [0.3, 0.4) is 0 Å². The van der Waals surface area contributed by atoms with Crippen molar-refractivity contribution in [2.75, 3.05) is 11.9 Å². The Kier molecular flexibility index (Phi) is 2.81. The second kappa shape index (κ2) is 4.29. The van der Waals surface area contributed by atoms with Crippen LogP contribution < -0.4 is 5.32 Å². The van der Waals surface area contributed by atoms with Gasteiger partial charge in [-0.1, -0.05) is 30.9 Å². The van der Waals surface area contributed by atoms with Crippen molar-refractivity contribution >= 4 is 17.3 Å². The molecule has 2 heteroatoms. The lowest BCUT2D eigenvalue weighted by atomic mass is 9.78. The van der Waals surface area contributed by atoms with Crippen molar-refractivity contribution < 1.29 is 0 Å². The molecular formula is C14H18ClN. The molecule has 1 heterocycles. The number of hydrogen-bond acceptors (Lipinski definition) is 1. The quantitative estimate of drug-likeness (QED) is 0.760. The number of rotatable bonds is 1. The average Bonchev–Trinajstić information content (AvgIpc) is 2.73. The lowest BCUT2D eigenvalue weighted by Gasteiger charge is -2.27. The Morgan fingerprint density at radius 3 is 2.75 bits per heavy atom. The summed E-state index contributed by atoms with van der Waals surface area (Å²) < 4.78 is 0. The van der Waals surface area contributed by atoms with Crippen LogP contribution in [0.2, 0.25) is 5.02 Å². The first kappa shape index (κ1) is 10.5. The molecular weight excluding hydrogens is 218 g/mol. The molecule has 0 aromatic heterocycles. The van der Waals surface area contributed by atoms with Gasteiger partial charge >= 0.3 is 0 Å². The van der Waals surface area contributed by atoms with E-state index in [1.807, 2.05) is 6.07 Å². The molecule has 86 valence electrons. The topological polar surface area (TPSA) is 12.0 Å². The van der Waals surface area contributed by atoms with Crippen LogP contribution in [0.4, 0.5) is 5.69 Å². The van der Waals surface area contributed by atoms with Crippen molar-refractivity contribution in [1.29, 1.82) is 0 Å². The van der Waals surface area contributed by atoms with Gasteiger partial charge in [0.1, 0.15) is 0 Å². The molecule has 1 fully saturated rings. The van der Waals surface area contributed by atoms with Crippen LogP contribution >= 0.6 is 11.6 Å². The minimum absolute atomic E-state index is 0.703. The first-order chi connectivity index (χ1) is 7.84. The maximum absolute atomic E-state index is 6.10. The van der Waals surface area contributed by atoms with Gasteiger partial charge in [-0.15, -0.1) is 0 Å². The Hall–Kier alpha value is -0.690. The predicted octanol–water partition coefficient (Wildman–Crippen LogP) is 4.43. The molecule has 1 aromatic carbocycles. The van der Waals surface area contributed by atoms with E-state index in [2.05, 4.69) is 17.4 Å². The molecule has 0 radical (unpaired) electrons. The predicted molar refractivity (Wildman–Crippen MR) is 69.3 cm³/mol. The van der Waals surface area contributed by atoms with E-state index in [4.69, 9.17) is 11.6 Å². The van der Waals surface area contributed by atoms with E-state index in [9.17, 15) is 0 Å². The third kappa shape index (κ3) is 1.82. The largest absolute Gasteiger partial charge is 0.384 e. The Morgan fingerprint density at radius 1 is 1.12 bits per heavy atom. The fourth-order valence-electron chi connectivity index (χ4n) is 3.29. The summed E-state index contributed by atoms with van der Waals surface area (Å²) in [5.41, 5.74) is 2.76. The van der Waals surface area contributed by atoms with Gasteiger partial charge < -0.3 is 5.32 Å². The zero-order valence-corrected chi connectivity index (χ0v) is 10.3. The normalized spacial score (nSPS) is 25.2. The van der Waals surface area contributed by atoms with Gasteiger partial charge in [-0.3, -0.25) is 0 Å². The van der Waals surface area contributed by atoms with E-state index in [-0.39, 0.29) is 0 Å². The number of anilines is 1. The molecule has 1 N–H and O–H groups in total. The van der Waals surface area contributed by atoms with Crippen LogP contribution in [0.1, 0.15) is 43.6 Å². The fourth-order valence-corrected chi connectivity index (χ4v) is 3.47. The minimum Gasteiger partial charge on any atom is -0.384 e. The lowest BCUT2D eigenvalue weighted by Crippen LogP contribution is -2.17. The molecule has 16 heavy (non-hydrogen) atoms. The average molecular weight is 236 g/mol. The van der Waals surface area contributed by atoms with Crippen molar-refractivity contribution in [2.24, 2.45) is 5.92 Å². The molecule has 1 saturated carbocycles. The standard InChI is InChI=1S/C14H18ClN/c15-11-6-7-14-12(8-11)13(9-16-14)10-4-2-1-3-5-10/h6-8,10,13,16H,1-5,9H2. The van der Waals surface area contributed by atoms with Crippen molar-refractivity contribution in [3.05, 3.63) is 28.8 Å². The highest BCUT2D eigenvalue weighted by atomic mass is 35.5. The number of hydrogen-bond donors (Lipinski definition) is 1. The summed E-state index contributed by atoms with van der Waals surface area (Å²) in [7, 11) is 0. The smallest absolute Gasteiger partial charge is 0.0410 e. The van der Waals surface area contributed by atoms with Crippen molar-refractivity contribution in [3.8, 4) is 0 Å². The van der Waals surface area contributed by atoms with Gasteiger partial charge in [0.2, 0.25) is 0 Å². The van der Waals surface area contributed by atoms with E-state index in [0.717, 1.165) is 17.5 Å². The van der Waals surface area contributed by atoms with Crippen LogP contribution in [0, 0.1) is 5.92 Å². The maximum atomic E-state index is 6.10. The first-order valence-electron chi connectivity index (χ1n) is 6.38. The van der Waals surface area contributed by atoms with Gasteiger partial charge in [-0.05, 0) is 42.5 Å². The number of halogens is 1. The third-order valence-electron chi connectivity index (χ3n) is 4.14. The molecule has 3 rings (SSSR count). The van der Waals surface area contributed by atoms with E-state index < -0.39 is 0 Å². The fraction of sp³-hybridized carbons (Fsp3) is 0.571. The van der Waals surface area contributed by atoms with Crippen LogP contribution in [0.5, 0.6) is 0 Å². The lowest BCUT2D eigenvalue weighted by molar-refractivity contribution is 0.316. The zero-order chi connectivity index (χ0) is 11.0. The van der Waals surface area contributed by atoms with E-state index in [1.165, 1.54) is 43.4 Å². The molecule has 1 aliphatic carbocycles. The molecule has 1 atom stereocenters. The van der Waals surface area contributed by atoms with E-state index >= 15 is 0 Å². The summed E-state index contributed by atoms with van der Waals surface area (Å²) in [6, 6.07) is 6.27. The van der Waals surface area contributed by atoms with Gasteiger partial charge in [0.25, 0.3) is 0 Å². The Bertz CT molecular complexity index is 382. The molecule has 1 nitrogen and oxygen atoms in total. The molecule has 0 amide bonds. The summed E-state index contributed by atoms with van der Waals surface area (Å²) in [6.07, 6.45) is 7.06. The monoisotopic (exact) mass is 235 g/mol. The summed E-state index contributed by atoms with van der Waals surface area (Å²) in [6.45, 7) is 1.11. The van der Waals surface area contributed by atoms with Gasteiger partial charge in [0.05, 0.1) is 0 Å². The maximum Gasteiger partial charge on any atom is 0.0410 e. The van der Waals surface area contributed by atoms with Gasteiger partial charge in [-0.2, -0.15) is 0 Å². The van der Waals surface area contributed by atoms with Crippen LogP contribution in [-0.2, 0) is 0 Å². The molecule has 0 spiro atoms. The number of fused-ring (bicyclic) bond motifs is 1. The summed E-state index contributed by atoms with van der Waals surface area (Å²) in [4.78, 5) is 0. The molecule has 1 aromatic rings. The van der Waals surface area contributed by atoms with Gasteiger partial charge in [0.15, 0.2) is 0 Å². The number of nitrogens with one attached hydrogen (secondary N) is 1. The molecule has 0 bridgehead atoms. The van der Waals surface area contributed by atoms with Crippen LogP contribution in [0.25, 0.3) is 0 Å². The minimum atomic E-state index is 0.703. The molecule has 1 aliphatic heterocycles. The highest BCUT2D eigenvalue weighted by Crippen LogP contribution is 2.43. The second-order valence-corrected chi connectivity index (χ2v) is 5.55. The van der Waals surface area contributed by atoms with E-state index in [1.54, 1.807) is 0 Å². The van der Waals surface area contributed by atoms with E-state index in [0.29, 0.717) is 5.92 Å². The summed E-state index contributed by atoms with van der Waals surface area (Å²) in [5, 5.41) is 4.39. The van der Waals surface area contributed by atoms with Crippen LogP contribution in [-0.4, -0.2) is 6.54 Å². The summed E-state index contributed by atoms with van der Waals surface area (Å²) in [5.74, 6) is 1.58. The van der Waals surface area contributed by atoms with Gasteiger partial charge in [-0.25, -0.2) is 0 Å². The highest BCUT2D eigenvalue weighted by molar-refractivity contribution is 6.30. The molecule has 2 aliphatic rings. The van der Waals surface area contributed by atoms with Crippen LogP contribution in [0.15, 0.2) is 18.2 Å². The Labute approximate surface area is 102 Å². The highest BCUT2D eigenvalue weighted by Gasteiger charge is 2.30. The third-order valence-corrected chi connectivity index (χ3v) is 4.38. The second-order valence-electron chi connectivity index (χ2n) is 5.12. The molecule has 0 saturated heterocycles. The Morgan fingerprint density at radius 2 is 1.94 bits per heavy atom. The molecule has 1 unspecified atom stereocenters. The van der Waals surface area contributed by atoms with Gasteiger partial charge in [0, 0.05) is 23.2 Å². The van der Waals surface area contributed by atoms with Crippen molar-refractivity contribution in [2.45, 2.75) is 38.0 Å². The van der Waals surface area contributed by atoms with Crippen molar-refractivity contribution in [3.63, 3.8) is 0 Å². The van der Waals surface area contributed by atoms with Crippen molar-refractivity contribution in [1.82, 2.24) is 0 Å². The summed E-state index contributed by atoms with van der Waals surface area (Å²) >= 11 is 6.10. The number of benzene rings is 1. The SMILES string of the molecule is Clc1ccc2c(c1)C(C1CCCCC1)CN2. The zero-order valence-electron chi connectivity index (χ0n) is 9.51. The first-order valence-corrected chi connectivity index (χ1v) is 6.76.